The number of aliphatic carboxylic acids is 1. The second-order valence-corrected chi connectivity index (χ2v) is 5.29. The number of amides is 1. The molecule has 2 aromatic rings. The molecule has 1 atom stereocenters. The number of nitrogens with two attached hydrogens (primary N) is 1. The van der Waals surface area contributed by atoms with E-state index in [4.69, 9.17) is 10.8 Å². The van der Waals surface area contributed by atoms with E-state index >= 15 is 0 Å². The van der Waals surface area contributed by atoms with Gasteiger partial charge in [0.25, 0.3) is 0 Å². The Bertz CT molecular complexity index is 651. The molecule has 0 aliphatic carbocycles. The minimum absolute atomic E-state index is 0.0933. The van der Waals surface area contributed by atoms with E-state index in [9.17, 15) is 9.59 Å². The summed E-state index contributed by atoms with van der Waals surface area (Å²) in [6.07, 6.45) is 3.71. The number of aryl methyl sites for hydroxylation is 1. The monoisotopic (exact) mass is 303 g/mol. The van der Waals surface area contributed by atoms with Crippen LogP contribution in [-0.2, 0) is 16.0 Å². The number of carbonyl (C=O) groups excluding carboxylic acids is 1. The molecule has 0 aliphatic heterocycles. The number of hydrogen-bond acceptors (Lipinski definition) is 3. The first-order valence-electron chi connectivity index (χ1n) is 7.38. The highest BCUT2D eigenvalue weighted by molar-refractivity contribution is 5.83. The van der Waals surface area contributed by atoms with E-state index in [-0.39, 0.29) is 18.7 Å². The van der Waals surface area contributed by atoms with Crippen molar-refractivity contribution in [2.45, 2.75) is 31.7 Å². The van der Waals surface area contributed by atoms with Crippen molar-refractivity contribution in [2.75, 3.05) is 6.54 Å². The Morgan fingerprint density at radius 3 is 2.86 bits per heavy atom. The third kappa shape index (κ3) is 4.33. The summed E-state index contributed by atoms with van der Waals surface area (Å²) < 4.78 is 0. The lowest BCUT2D eigenvalue weighted by atomic mass is 10.1. The molecule has 5 N–H and O–H groups in total. The highest BCUT2D eigenvalue weighted by atomic mass is 16.4. The Kier molecular flexibility index (Phi) is 5.55. The minimum atomic E-state index is -0.942. The first-order valence-corrected chi connectivity index (χ1v) is 7.38. The number of para-hydroxylation sites is 1. The maximum absolute atomic E-state index is 11.7. The van der Waals surface area contributed by atoms with Crippen molar-refractivity contribution in [3.8, 4) is 0 Å². The van der Waals surface area contributed by atoms with Crippen LogP contribution in [0.25, 0.3) is 10.9 Å². The van der Waals surface area contributed by atoms with Crippen molar-refractivity contribution >= 4 is 22.8 Å². The first-order chi connectivity index (χ1) is 10.6. The van der Waals surface area contributed by atoms with Gasteiger partial charge in [-0.05, 0) is 30.9 Å². The Labute approximate surface area is 128 Å². The molecule has 0 aliphatic rings. The number of aromatic nitrogens is 1. The van der Waals surface area contributed by atoms with E-state index in [2.05, 4.69) is 16.4 Å². The maximum Gasteiger partial charge on any atom is 0.303 e. The third-order valence-corrected chi connectivity index (χ3v) is 3.60. The smallest absolute Gasteiger partial charge is 0.303 e. The van der Waals surface area contributed by atoms with Crippen LogP contribution >= 0.6 is 0 Å². The molecule has 1 aromatic carbocycles. The normalized spacial score (nSPS) is 12.2. The summed E-state index contributed by atoms with van der Waals surface area (Å²) in [5, 5.41) is 12.5. The molecule has 118 valence electrons. The van der Waals surface area contributed by atoms with Crippen LogP contribution in [-0.4, -0.2) is 34.6 Å². The van der Waals surface area contributed by atoms with E-state index in [0.717, 1.165) is 18.4 Å². The van der Waals surface area contributed by atoms with Crippen LogP contribution < -0.4 is 11.1 Å². The Balaban J connectivity index is 1.73. The van der Waals surface area contributed by atoms with Gasteiger partial charge >= 0.3 is 5.97 Å². The van der Waals surface area contributed by atoms with Gasteiger partial charge in [0.1, 0.15) is 0 Å². The lowest BCUT2D eigenvalue weighted by molar-refractivity contribution is -0.137. The molecule has 1 amide bonds. The van der Waals surface area contributed by atoms with Crippen molar-refractivity contribution in [3.05, 3.63) is 36.0 Å². The van der Waals surface area contributed by atoms with Gasteiger partial charge in [-0.15, -0.1) is 0 Å². The predicted octanol–water partition coefficient (Wildman–Crippen LogP) is 1.41. The summed E-state index contributed by atoms with van der Waals surface area (Å²) in [6, 6.07) is 7.33. The summed E-state index contributed by atoms with van der Waals surface area (Å²) in [6.45, 7) is 0.527. The Hall–Kier alpha value is -2.34. The van der Waals surface area contributed by atoms with Crippen molar-refractivity contribution in [3.63, 3.8) is 0 Å². The lowest BCUT2D eigenvalue weighted by Gasteiger charge is -2.10. The fourth-order valence-electron chi connectivity index (χ4n) is 2.37. The maximum atomic E-state index is 11.7. The van der Waals surface area contributed by atoms with E-state index < -0.39 is 12.0 Å². The molecule has 1 aromatic heterocycles. The van der Waals surface area contributed by atoms with Gasteiger partial charge in [-0.2, -0.15) is 0 Å². The molecular weight excluding hydrogens is 282 g/mol. The molecule has 0 unspecified atom stereocenters. The van der Waals surface area contributed by atoms with Crippen LogP contribution in [0, 0.1) is 0 Å². The predicted molar refractivity (Wildman–Crippen MR) is 84.5 cm³/mol. The highest BCUT2D eigenvalue weighted by Crippen LogP contribution is 2.18. The van der Waals surface area contributed by atoms with Crippen molar-refractivity contribution in [1.82, 2.24) is 10.3 Å². The van der Waals surface area contributed by atoms with Crippen LogP contribution in [0.15, 0.2) is 30.5 Å². The average Bonchev–Trinajstić information content (AvgIpc) is 2.92. The average molecular weight is 303 g/mol. The quantitative estimate of drug-likeness (QED) is 0.553. The number of hydrogen-bond donors (Lipinski definition) is 4. The van der Waals surface area contributed by atoms with Crippen molar-refractivity contribution < 1.29 is 14.7 Å². The van der Waals surface area contributed by atoms with Gasteiger partial charge in [0.05, 0.1) is 6.04 Å². The fourth-order valence-corrected chi connectivity index (χ4v) is 2.37. The van der Waals surface area contributed by atoms with Gasteiger partial charge in [0.2, 0.25) is 5.91 Å². The van der Waals surface area contributed by atoms with Gasteiger partial charge < -0.3 is 21.1 Å². The molecule has 0 bridgehead atoms. The van der Waals surface area contributed by atoms with Crippen LogP contribution in [0.1, 0.15) is 24.8 Å². The zero-order valence-electron chi connectivity index (χ0n) is 12.3. The molecule has 1 heterocycles. The zero-order chi connectivity index (χ0) is 15.9. The fraction of sp³-hybridized carbons (Fsp3) is 0.375. The number of nitrogens with one attached hydrogen (secondary N) is 2. The summed E-state index contributed by atoms with van der Waals surface area (Å²) in [7, 11) is 0. The number of H-pyrrole nitrogens is 1. The molecule has 0 spiro atoms. The molecule has 22 heavy (non-hydrogen) atoms. The van der Waals surface area contributed by atoms with Crippen molar-refractivity contribution in [2.24, 2.45) is 5.73 Å². The number of carboxylic acid groups (broad SMARTS) is 1. The number of aromatic amines is 1. The molecule has 2 rings (SSSR count). The van der Waals surface area contributed by atoms with Crippen LogP contribution in [0.2, 0.25) is 0 Å². The number of rotatable bonds is 8. The number of carboxylic acids is 1. The van der Waals surface area contributed by atoms with Crippen molar-refractivity contribution in [1.29, 1.82) is 0 Å². The van der Waals surface area contributed by atoms with Gasteiger partial charge in [-0.3, -0.25) is 9.59 Å². The largest absolute Gasteiger partial charge is 0.481 e. The molecule has 0 saturated carbocycles. The van der Waals surface area contributed by atoms with E-state index in [1.807, 2.05) is 24.4 Å². The Morgan fingerprint density at radius 2 is 2.09 bits per heavy atom. The molecule has 6 heteroatoms. The summed E-state index contributed by atoms with van der Waals surface area (Å²) in [5.41, 5.74) is 7.97. The lowest BCUT2D eigenvalue weighted by Crippen LogP contribution is -2.41. The topological polar surface area (TPSA) is 108 Å². The SMILES string of the molecule is N[C@H](CCC(=O)O)C(=O)NCCCc1c[nH]c2ccccc12. The molecule has 0 radical (unpaired) electrons. The van der Waals surface area contributed by atoms with Gasteiger partial charge in [-0.25, -0.2) is 0 Å². The number of benzene rings is 1. The Morgan fingerprint density at radius 1 is 1.32 bits per heavy atom. The second-order valence-electron chi connectivity index (χ2n) is 5.29. The van der Waals surface area contributed by atoms with Gasteiger partial charge in [0.15, 0.2) is 0 Å². The van der Waals surface area contributed by atoms with Crippen LogP contribution in [0.3, 0.4) is 0 Å². The standard InChI is InChI=1S/C16H21N3O3/c17-13(7-8-15(20)21)16(22)18-9-3-4-11-10-19-14-6-2-1-5-12(11)14/h1-2,5-6,10,13,19H,3-4,7-9,17H2,(H,18,22)(H,20,21)/t13-/m1/s1. The highest BCUT2D eigenvalue weighted by Gasteiger charge is 2.14. The molecular formula is C16H21N3O3. The summed E-state index contributed by atoms with van der Waals surface area (Å²) >= 11 is 0. The van der Waals surface area contributed by atoms with E-state index in [1.54, 1.807) is 0 Å². The second kappa shape index (κ2) is 7.61. The summed E-state index contributed by atoms with van der Waals surface area (Å²) in [4.78, 5) is 25.3. The number of fused-ring (bicyclic) bond motifs is 1. The zero-order valence-corrected chi connectivity index (χ0v) is 12.3. The van der Waals surface area contributed by atoms with Crippen LogP contribution in [0.5, 0.6) is 0 Å². The van der Waals surface area contributed by atoms with E-state index in [0.29, 0.717) is 6.54 Å². The molecule has 0 saturated heterocycles. The summed E-state index contributed by atoms with van der Waals surface area (Å²) in [5.74, 6) is -1.23. The minimum Gasteiger partial charge on any atom is -0.481 e. The van der Waals surface area contributed by atoms with Gasteiger partial charge in [0, 0.05) is 30.1 Å². The molecule has 6 nitrogen and oxygen atoms in total. The van der Waals surface area contributed by atoms with E-state index in [1.165, 1.54) is 10.9 Å². The van der Waals surface area contributed by atoms with Crippen LogP contribution in [0.4, 0.5) is 0 Å². The number of carbonyl (C=O) groups is 2. The molecule has 0 fully saturated rings. The first kappa shape index (κ1) is 16.0. The van der Waals surface area contributed by atoms with Gasteiger partial charge in [-0.1, -0.05) is 18.2 Å². The third-order valence-electron chi connectivity index (χ3n) is 3.60.